The highest BCUT2D eigenvalue weighted by atomic mass is 32.2. The Morgan fingerprint density at radius 2 is 1.95 bits per heavy atom. The molecule has 0 saturated heterocycles. The number of halogens is 1. The summed E-state index contributed by atoms with van der Waals surface area (Å²) < 4.78 is 47.5. The molecule has 0 saturated carbocycles. The van der Waals surface area contributed by atoms with Crippen molar-refractivity contribution in [1.29, 1.82) is 0 Å². The Hall–Kier alpha value is -3.44. The molecular formula is C30H34FN3O5S. The van der Waals surface area contributed by atoms with E-state index in [1.807, 2.05) is 51.1 Å². The van der Waals surface area contributed by atoms with Crippen molar-refractivity contribution >= 4 is 28.3 Å². The van der Waals surface area contributed by atoms with Gasteiger partial charge in [0.15, 0.2) is 5.82 Å². The molecule has 0 amide bonds. The number of fused-ring (bicyclic) bond motifs is 1. The minimum absolute atomic E-state index is 0.00831. The van der Waals surface area contributed by atoms with Crippen LogP contribution >= 0.6 is 0 Å². The number of carbonyl (C=O) groups excluding carboxylic acids is 1. The first kappa shape index (κ1) is 29.5. The van der Waals surface area contributed by atoms with Crippen molar-refractivity contribution < 1.29 is 27.6 Å². The van der Waals surface area contributed by atoms with Gasteiger partial charge in [0.1, 0.15) is 22.7 Å². The predicted molar refractivity (Wildman–Crippen MR) is 153 cm³/mol. The van der Waals surface area contributed by atoms with Gasteiger partial charge in [0, 0.05) is 46.2 Å². The molecule has 8 nitrogen and oxygen atoms in total. The van der Waals surface area contributed by atoms with Gasteiger partial charge in [-0.05, 0) is 69.2 Å². The number of nitrogens with zero attached hydrogens (tertiary/aromatic N) is 1. The summed E-state index contributed by atoms with van der Waals surface area (Å²) in [7, 11) is 0. The number of aromatic nitrogens is 1. The summed E-state index contributed by atoms with van der Waals surface area (Å²) in [5, 5.41) is 0.781. The van der Waals surface area contributed by atoms with Crippen LogP contribution in [0.25, 0.3) is 22.1 Å². The molecule has 3 N–H and O–H groups in total. The van der Waals surface area contributed by atoms with E-state index in [0.717, 1.165) is 16.5 Å². The van der Waals surface area contributed by atoms with E-state index in [2.05, 4.69) is 9.71 Å². The first-order valence-electron chi connectivity index (χ1n) is 13.0. The topological polar surface area (TPSA) is 123 Å². The summed E-state index contributed by atoms with van der Waals surface area (Å²) in [6.45, 7) is 8.05. The molecule has 0 radical (unpaired) electrons. The van der Waals surface area contributed by atoms with E-state index >= 15 is 4.39 Å². The summed E-state index contributed by atoms with van der Waals surface area (Å²) in [5.74, 6) is -0.344. The lowest BCUT2D eigenvalue weighted by molar-refractivity contribution is -0.142. The van der Waals surface area contributed by atoms with E-state index in [4.69, 9.17) is 19.6 Å². The number of nitrogens with two attached hydrogens (primary N) is 1. The van der Waals surface area contributed by atoms with Crippen molar-refractivity contribution in [2.24, 2.45) is 5.73 Å². The molecule has 0 aliphatic heterocycles. The maximum absolute atomic E-state index is 15.7. The zero-order chi connectivity index (χ0) is 28.9. The molecule has 2 aromatic heterocycles. The van der Waals surface area contributed by atoms with E-state index in [-0.39, 0.29) is 31.2 Å². The fraction of sp³-hybridized carbons (Fsp3) is 0.333. The lowest BCUT2D eigenvalue weighted by Gasteiger charge is -2.23. The number of hydrogen-bond donors (Lipinski definition) is 2. The van der Waals surface area contributed by atoms with Gasteiger partial charge in [0.05, 0.1) is 31.5 Å². The van der Waals surface area contributed by atoms with Crippen LogP contribution in [-0.2, 0) is 47.0 Å². The lowest BCUT2D eigenvalue weighted by atomic mass is 10.00. The largest absolute Gasteiger partial charge is 0.598 e. The van der Waals surface area contributed by atoms with Crippen LogP contribution in [0.4, 0.5) is 4.39 Å². The summed E-state index contributed by atoms with van der Waals surface area (Å²) in [6, 6.07) is 12.6. The molecule has 0 unspecified atom stereocenters. The Labute approximate surface area is 236 Å². The van der Waals surface area contributed by atoms with Crippen molar-refractivity contribution in [2.45, 2.75) is 58.6 Å². The second kappa shape index (κ2) is 12.8. The molecule has 10 heteroatoms. The second-order valence-electron chi connectivity index (χ2n) is 10.2. The minimum atomic E-state index is -1.38. The van der Waals surface area contributed by atoms with E-state index in [1.165, 1.54) is 6.20 Å². The van der Waals surface area contributed by atoms with Crippen molar-refractivity contribution in [1.82, 2.24) is 9.71 Å². The number of rotatable bonds is 11. The van der Waals surface area contributed by atoms with Crippen LogP contribution in [-0.4, -0.2) is 26.9 Å². The smallest absolute Gasteiger partial charge is 0.310 e. The molecule has 0 aliphatic carbocycles. The molecule has 0 spiro atoms. The highest BCUT2D eigenvalue weighted by Gasteiger charge is 2.27. The van der Waals surface area contributed by atoms with Crippen LogP contribution in [0.3, 0.4) is 0 Å². The Kier molecular flexibility index (Phi) is 9.47. The van der Waals surface area contributed by atoms with Gasteiger partial charge in [0.2, 0.25) is 0 Å². The van der Waals surface area contributed by atoms with Crippen LogP contribution in [0, 0.1) is 5.82 Å². The fourth-order valence-corrected chi connectivity index (χ4v) is 4.83. The molecule has 212 valence electrons. The lowest BCUT2D eigenvalue weighted by Crippen LogP contribution is -2.39. The van der Waals surface area contributed by atoms with Crippen LogP contribution in [0.2, 0.25) is 0 Å². The van der Waals surface area contributed by atoms with Crippen molar-refractivity contribution in [3.05, 3.63) is 83.1 Å². The number of carbonyl (C=O) groups is 1. The van der Waals surface area contributed by atoms with Crippen molar-refractivity contribution in [2.75, 3.05) is 6.61 Å². The van der Waals surface area contributed by atoms with E-state index in [1.54, 1.807) is 25.3 Å². The maximum atomic E-state index is 15.7. The summed E-state index contributed by atoms with van der Waals surface area (Å²) in [4.78, 5) is 16.3. The number of furan rings is 1. The molecule has 0 aliphatic rings. The summed E-state index contributed by atoms with van der Waals surface area (Å²) in [6.07, 6.45) is 3.14. The molecular weight excluding hydrogens is 533 g/mol. The first-order valence-corrected chi connectivity index (χ1v) is 14.1. The predicted octanol–water partition coefficient (Wildman–Crippen LogP) is 5.33. The van der Waals surface area contributed by atoms with Gasteiger partial charge in [-0.15, -0.1) is 4.72 Å². The molecule has 2 aromatic carbocycles. The van der Waals surface area contributed by atoms with Gasteiger partial charge in [-0.3, -0.25) is 9.78 Å². The Morgan fingerprint density at radius 3 is 2.67 bits per heavy atom. The molecule has 4 aromatic rings. The molecule has 1 atom stereocenters. The molecule has 0 bridgehead atoms. The van der Waals surface area contributed by atoms with Crippen LogP contribution in [0.1, 0.15) is 50.1 Å². The zero-order valence-corrected chi connectivity index (χ0v) is 23.9. The van der Waals surface area contributed by atoms with Gasteiger partial charge in [-0.1, -0.05) is 12.1 Å². The Morgan fingerprint density at radius 1 is 1.15 bits per heavy atom. The standard InChI is InChI=1S/C30H34FN3O5S/c1-5-37-27(35)15-21-7-6-19(16-32)14-26(21)39-18-20-12-22-9-11-38-29(22)24(13-20)23-8-10-33-25(28(23)31)17-34-40(36)30(2,3)4/h6-14,34H,5,15-18,32H2,1-4H3/t40-/m0/s1. The third-order valence-electron chi connectivity index (χ3n) is 6.19. The highest BCUT2D eigenvalue weighted by molar-refractivity contribution is 7.90. The molecule has 0 fully saturated rings. The maximum Gasteiger partial charge on any atom is 0.310 e. The highest BCUT2D eigenvalue weighted by Crippen LogP contribution is 2.34. The van der Waals surface area contributed by atoms with Crippen molar-refractivity contribution in [3.8, 4) is 16.9 Å². The van der Waals surface area contributed by atoms with Gasteiger partial charge >= 0.3 is 5.97 Å². The molecule has 40 heavy (non-hydrogen) atoms. The van der Waals surface area contributed by atoms with Gasteiger partial charge in [-0.25, -0.2) is 4.39 Å². The molecule has 4 rings (SSSR count). The number of benzene rings is 2. The third kappa shape index (κ3) is 7.00. The van der Waals surface area contributed by atoms with Crippen LogP contribution in [0.5, 0.6) is 5.75 Å². The number of ether oxygens (including phenoxy) is 2. The summed E-state index contributed by atoms with van der Waals surface area (Å²) >= 11 is -1.38. The first-order chi connectivity index (χ1) is 19.1. The Balaban J connectivity index is 1.63. The monoisotopic (exact) mass is 567 g/mol. The van der Waals surface area contributed by atoms with E-state index in [9.17, 15) is 9.35 Å². The van der Waals surface area contributed by atoms with Crippen LogP contribution < -0.4 is 15.2 Å². The van der Waals surface area contributed by atoms with Gasteiger partial charge in [0.25, 0.3) is 0 Å². The quantitative estimate of drug-likeness (QED) is 0.184. The van der Waals surface area contributed by atoms with Gasteiger partial charge < -0.3 is 24.2 Å². The average Bonchev–Trinajstić information content (AvgIpc) is 3.40. The zero-order valence-electron chi connectivity index (χ0n) is 23.1. The third-order valence-corrected chi connectivity index (χ3v) is 7.71. The number of hydrogen-bond acceptors (Lipinski definition) is 8. The van der Waals surface area contributed by atoms with Crippen molar-refractivity contribution in [3.63, 3.8) is 0 Å². The molecule has 2 heterocycles. The fourth-order valence-electron chi connectivity index (χ4n) is 4.13. The minimum Gasteiger partial charge on any atom is -0.598 e. The van der Waals surface area contributed by atoms with Crippen LogP contribution in [0.15, 0.2) is 59.3 Å². The normalized spacial score (nSPS) is 12.5. The van der Waals surface area contributed by atoms with E-state index < -0.39 is 21.9 Å². The SMILES string of the molecule is CCOC(=O)Cc1ccc(CN)cc1OCc1cc(-c2ccnc(CN[S@@+]([O-])C(C)(C)C)c2F)c2occc2c1. The average molecular weight is 568 g/mol. The Bertz CT molecular complexity index is 1480. The van der Waals surface area contributed by atoms with E-state index in [0.29, 0.717) is 41.2 Å². The van der Waals surface area contributed by atoms with Gasteiger partial charge in [-0.2, -0.15) is 0 Å². The number of nitrogens with one attached hydrogen (secondary N) is 1. The number of esters is 1. The second-order valence-corrected chi connectivity index (χ2v) is 12.3. The number of pyridine rings is 1. The summed E-state index contributed by atoms with van der Waals surface area (Å²) in [5.41, 5.74) is 9.68.